The van der Waals surface area contributed by atoms with E-state index in [0.29, 0.717) is 38.9 Å². The van der Waals surface area contributed by atoms with Gasteiger partial charge in [-0.3, -0.25) is 14.2 Å². The number of aryl methyl sites for hydroxylation is 2. The van der Waals surface area contributed by atoms with Crippen molar-refractivity contribution >= 4 is 11.8 Å². The zero-order valence-electron chi connectivity index (χ0n) is 16.3. The predicted molar refractivity (Wildman–Crippen MR) is 101 cm³/mol. The number of rotatable bonds is 6. The van der Waals surface area contributed by atoms with Gasteiger partial charge in [-0.05, 0) is 32.1 Å². The fourth-order valence-corrected chi connectivity index (χ4v) is 3.94. The molecule has 1 aromatic rings. The molecular formula is C19H31N5O3. The van der Waals surface area contributed by atoms with E-state index in [9.17, 15) is 14.4 Å². The summed E-state index contributed by atoms with van der Waals surface area (Å²) in [6.45, 7) is 4.53. The summed E-state index contributed by atoms with van der Waals surface area (Å²) in [7, 11) is 0. The zero-order valence-corrected chi connectivity index (χ0v) is 16.3. The SMILES string of the molecule is CCCn1nc2n(c1=O)CCC(NC(=O)CCN1CCCCCC1=O)CC2. The first-order valence-electron chi connectivity index (χ1n) is 10.3. The van der Waals surface area contributed by atoms with Gasteiger partial charge in [0.2, 0.25) is 11.8 Å². The maximum atomic E-state index is 12.4. The first kappa shape index (κ1) is 19.6. The Morgan fingerprint density at radius 1 is 1.11 bits per heavy atom. The quantitative estimate of drug-likeness (QED) is 0.803. The lowest BCUT2D eigenvalue weighted by molar-refractivity contribution is -0.131. The van der Waals surface area contributed by atoms with Crippen molar-refractivity contribution < 1.29 is 9.59 Å². The normalized spacial score (nSPS) is 20.7. The molecule has 8 heteroatoms. The molecule has 0 saturated carbocycles. The number of hydrogen-bond acceptors (Lipinski definition) is 4. The van der Waals surface area contributed by atoms with Crippen LogP contribution in [0, 0.1) is 0 Å². The average Bonchev–Trinajstić information content (AvgIpc) is 2.81. The van der Waals surface area contributed by atoms with Crippen molar-refractivity contribution in [3.8, 4) is 0 Å². The molecule has 0 spiro atoms. The fraction of sp³-hybridized carbons (Fsp3) is 0.789. The number of likely N-dealkylation sites (tertiary alicyclic amines) is 1. The summed E-state index contributed by atoms with van der Waals surface area (Å²) in [5.41, 5.74) is -0.0431. The Hall–Kier alpha value is -2.12. The number of aromatic nitrogens is 3. The molecule has 150 valence electrons. The van der Waals surface area contributed by atoms with E-state index in [-0.39, 0.29) is 23.5 Å². The van der Waals surface area contributed by atoms with Crippen molar-refractivity contribution in [1.82, 2.24) is 24.6 Å². The number of hydrogen-bond donors (Lipinski definition) is 1. The van der Waals surface area contributed by atoms with Crippen LogP contribution in [-0.2, 0) is 29.1 Å². The molecule has 0 aromatic carbocycles. The van der Waals surface area contributed by atoms with E-state index in [1.165, 1.54) is 0 Å². The van der Waals surface area contributed by atoms with Crippen molar-refractivity contribution in [3.05, 3.63) is 16.3 Å². The van der Waals surface area contributed by atoms with Crippen molar-refractivity contribution in [2.75, 3.05) is 13.1 Å². The van der Waals surface area contributed by atoms with Crippen LogP contribution in [0.5, 0.6) is 0 Å². The van der Waals surface area contributed by atoms with Gasteiger partial charge in [-0.1, -0.05) is 13.3 Å². The van der Waals surface area contributed by atoms with Gasteiger partial charge in [-0.15, -0.1) is 0 Å². The van der Waals surface area contributed by atoms with Crippen LogP contribution in [0.2, 0.25) is 0 Å². The summed E-state index contributed by atoms with van der Waals surface area (Å²) >= 11 is 0. The maximum absolute atomic E-state index is 12.4. The Balaban J connectivity index is 1.48. The molecule has 0 radical (unpaired) electrons. The molecule has 3 rings (SSSR count). The Morgan fingerprint density at radius 2 is 1.96 bits per heavy atom. The Labute approximate surface area is 159 Å². The van der Waals surface area contributed by atoms with E-state index < -0.39 is 0 Å². The molecule has 8 nitrogen and oxygen atoms in total. The molecule has 1 fully saturated rings. The second-order valence-electron chi connectivity index (χ2n) is 7.61. The van der Waals surface area contributed by atoms with Gasteiger partial charge in [0.25, 0.3) is 0 Å². The third kappa shape index (κ3) is 4.99. The van der Waals surface area contributed by atoms with Crippen LogP contribution in [0.1, 0.15) is 64.1 Å². The highest BCUT2D eigenvalue weighted by Gasteiger charge is 2.23. The molecule has 0 aliphatic carbocycles. The number of fused-ring (bicyclic) bond motifs is 1. The van der Waals surface area contributed by atoms with Gasteiger partial charge >= 0.3 is 5.69 Å². The maximum Gasteiger partial charge on any atom is 0.345 e. The van der Waals surface area contributed by atoms with Gasteiger partial charge in [0.15, 0.2) is 0 Å². The van der Waals surface area contributed by atoms with E-state index in [1.807, 2.05) is 11.8 Å². The van der Waals surface area contributed by atoms with Crippen LogP contribution in [0.4, 0.5) is 0 Å². The highest BCUT2D eigenvalue weighted by molar-refractivity contribution is 5.79. The Bertz CT molecular complexity index is 723. The molecule has 1 aromatic heterocycles. The second kappa shape index (κ2) is 9.19. The lowest BCUT2D eigenvalue weighted by Crippen LogP contribution is -2.39. The highest BCUT2D eigenvalue weighted by atomic mass is 16.2. The smallest absolute Gasteiger partial charge is 0.345 e. The van der Waals surface area contributed by atoms with Crippen LogP contribution < -0.4 is 11.0 Å². The molecule has 2 aliphatic heterocycles. The molecular weight excluding hydrogens is 346 g/mol. The van der Waals surface area contributed by atoms with Crippen molar-refractivity contribution in [3.63, 3.8) is 0 Å². The molecule has 1 atom stereocenters. The van der Waals surface area contributed by atoms with Gasteiger partial charge in [0, 0.05) is 51.5 Å². The van der Waals surface area contributed by atoms with Crippen molar-refractivity contribution in [2.24, 2.45) is 0 Å². The molecule has 1 unspecified atom stereocenters. The Morgan fingerprint density at radius 3 is 2.78 bits per heavy atom. The number of nitrogens with zero attached hydrogens (tertiary/aromatic N) is 4. The number of amides is 2. The van der Waals surface area contributed by atoms with E-state index in [0.717, 1.165) is 50.9 Å². The molecule has 2 aliphatic rings. The average molecular weight is 377 g/mol. The first-order valence-corrected chi connectivity index (χ1v) is 10.3. The topological polar surface area (TPSA) is 89.2 Å². The first-order chi connectivity index (χ1) is 13.1. The second-order valence-corrected chi connectivity index (χ2v) is 7.61. The van der Waals surface area contributed by atoms with Crippen LogP contribution in [0.25, 0.3) is 0 Å². The van der Waals surface area contributed by atoms with E-state index >= 15 is 0 Å². The molecule has 27 heavy (non-hydrogen) atoms. The predicted octanol–water partition coefficient (Wildman–Crippen LogP) is 1.07. The Kier molecular flexibility index (Phi) is 6.68. The van der Waals surface area contributed by atoms with Gasteiger partial charge in [-0.25, -0.2) is 9.48 Å². The molecule has 3 heterocycles. The van der Waals surface area contributed by atoms with Crippen LogP contribution in [0.3, 0.4) is 0 Å². The molecule has 1 N–H and O–H groups in total. The van der Waals surface area contributed by atoms with Crippen LogP contribution >= 0.6 is 0 Å². The van der Waals surface area contributed by atoms with Crippen LogP contribution in [-0.4, -0.2) is 50.2 Å². The summed E-state index contributed by atoms with van der Waals surface area (Å²) < 4.78 is 3.30. The van der Waals surface area contributed by atoms with Crippen molar-refractivity contribution in [2.45, 2.75) is 83.8 Å². The van der Waals surface area contributed by atoms with E-state index in [1.54, 1.807) is 9.25 Å². The molecule has 0 bridgehead atoms. The third-order valence-corrected chi connectivity index (χ3v) is 5.50. The number of carbonyl (C=O) groups is 2. The lowest BCUT2D eigenvalue weighted by atomic mass is 10.1. The summed E-state index contributed by atoms with van der Waals surface area (Å²) in [5, 5.41) is 7.52. The minimum atomic E-state index is -0.0431. The minimum absolute atomic E-state index is 0.0139. The summed E-state index contributed by atoms with van der Waals surface area (Å²) in [6.07, 6.45) is 7.12. The van der Waals surface area contributed by atoms with E-state index in [2.05, 4.69) is 10.4 Å². The summed E-state index contributed by atoms with van der Waals surface area (Å²) in [6, 6.07) is 0.0538. The fourth-order valence-electron chi connectivity index (χ4n) is 3.94. The minimum Gasteiger partial charge on any atom is -0.353 e. The molecule has 2 amide bonds. The highest BCUT2D eigenvalue weighted by Crippen LogP contribution is 2.13. The number of carbonyl (C=O) groups excluding carboxylic acids is 2. The summed E-state index contributed by atoms with van der Waals surface area (Å²) in [4.78, 5) is 38.5. The summed E-state index contributed by atoms with van der Waals surface area (Å²) in [5.74, 6) is 0.976. The van der Waals surface area contributed by atoms with E-state index in [4.69, 9.17) is 0 Å². The number of nitrogens with one attached hydrogen (secondary N) is 1. The standard InChI is InChI=1S/C19H31N5O3/c1-2-11-24-19(27)23-14-9-15(7-8-16(23)21-24)20-17(25)10-13-22-12-5-3-4-6-18(22)26/h15H,2-14H2,1H3,(H,20,25). The van der Waals surface area contributed by atoms with Gasteiger partial charge in [-0.2, -0.15) is 5.10 Å². The largest absolute Gasteiger partial charge is 0.353 e. The monoisotopic (exact) mass is 377 g/mol. The van der Waals surface area contributed by atoms with Gasteiger partial charge < -0.3 is 10.2 Å². The van der Waals surface area contributed by atoms with Gasteiger partial charge in [0.1, 0.15) is 5.82 Å². The molecule has 1 saturated heterocycles. The zero-order chi connectivity index (χ0) is 19.2. The van der Waals surface area contributed by atoms with Crippen molar-refractivity contribution in [1.29, 1.82) is 0 Å². The third-order valence-electron chi connectivity index (χ3n) is 5.50. The van der Waals surface area contributed by atoms with Crippen LogP contribution in [0.15, 0.2) is 4.79 Å². The van der Waals surface area contributed by atoms with Gasteiger partial charge in [0.05, 0.1) is 0 Å². The lowest BCUT2D eigenvalue weighted by Gasteiger charge is -2.21.